The monoisotopic (exact) mass is 253 g/mol. The Labute approximate surface area is 113 Å². The molecule has 0 amide bonds. The average Bonchev–Trinajstić information content (AvgIpc) is 2.77. The van der Waals surface area contributed by atoms with Gasteiger partial charge in [0.05, 0.1) is 0 Å². The molecule has 0 aromatic rings. The Balaban J connectivity index is 2.00. The minimum absolute atomic E-state index is 0.357. The summed E-state index contributed by atoms with van der Waals surface area (Å²) in [5.74, 6) is 0. The summed E-state index contributed by atoms with van der Waals surface area (Å²) < 4.78 is 0. The van der Waals surface area contributed by atoms with Gasteiger partial charge >= 0.3 is 0 Å². The van der Waals surface area contributed by atoms with Gasteiger partial charge in [0.15, 0.2) is 0 Å². The van der Waals surface area contributed by atoms with Crippen LogP contribution in [0.3, 0.4) is 0 Å². The van der Waals surface area contributed by atoms with Crippen LogP contribution in [0.1, 0.15) is 52.9 Å². The SMILES string of the molecule is CCCC(N)C(CC)N1CC2CCCN2CC1C. The number of piperazine rings is 1. The van der Waals surface area contributed by atoms with E-state index in [9.17, 15) is 0 Å². The van der Waals surface area contributed by atoms with E-state index in [1.165, 1.54) is 45.3 Å². The molecular weight excluding hydrogens is 222 g/mol. The lowest BCUT2D eigenvalue weighted by atomic mass is 9.96. The Morgan fingerprint density at radius 2 is 2.06 bits per heavy atom. The molecule has 18 heavy (non-hydrogen) atoms. The molecule has 0 radical (unpaired) electrons. The van der Waals surface area contributed by atoms with E-state index in [1.807, 2.05) is 0 Å². The maximum atomic E-state index is 6.41. The van der Waals surface area contributed by atoms with Crippen LogP contribution >= 0.6 is 0 Å². The summed E-state index contributed by atoms with van der Waals surface area (Å²) in [6, 6.07) is 2.43. The molecule has 0 bridgehead atoms. The van der Waals surface area contributed by atoms with Crippen molar-refractivity contribution in [3.05, 3.63) is 0 Å². The van der Waals surface area contributed by atoms with Crippen molar-refractivity contribution < 1.29 is 0 Å². The summed E-state index contributed by atoms with van der Waals surface area (Å²) in [4.78, 5) is 5.41. The van der Waals surface area contributed by atoms with Gasteiger partial charge in [0.25, 0.3) is 0 Å². The molecule has 3 nitrogen and oxygen atoms in total. The first-order valence-corrected chi connectivity index (χ1v) is 7.92. The van der Waals surface area contributed by atoms with E-state index < -0.39 is 0 Å². The standard InChI is InChI=1S/C15H31N3/c1-4-7-14(16)15(5-2)18-11-13-8-6-9-17(13)10-12(18)3/h12-15H,4-11,16H2,1-3H3. The van der Waals surface area contributed by atoms with Gasteiger partial charge in [-0.1, -0.05) is 20.3 Å². The van der Waals surface area contributed by atoms with Crippen molar-refractivity contribution in [2.24, 2.45) is 5.73 Å². The molecule has 2 saturated heterocycles. The molecule has 0 aliphatic carbocycles. The van der Waals surface area contributed by atoms with E-state index in [0.717, 1.165) is 12.5 Å². The summed E-state index contributed by atoms with van der Waals surface area (Å²) in [6.45, 7) is 10.7. The number of nitrogens with zero attached hydrogens (tertiary/aromatic N) is 2. The number of rotatable bonds is 5. The zero-order valence-electron chi connectivity index (χ0n) is 12.4. The van der Waals surface area contributed by atoms with Gasteiger partial charge in [0.2, 0.25) is 0 Å². The molecule has 0 spiro atoms. The van der Waals surface area contributed by atoms with E-state index >= 15 is 0 Å². The molecule has 0 saturated carbocycles. The molecule has 4 atom stereocenters. The van der Waals surface area contributed by atoms with Gasteiger partial charge in [0.1, 0.15) is 0 Å². The summed E-state index contributed by atoms with van der Waals surface area (Å²) in [6.07, 6.45) is 6.34. The summed E-state index contributed by atoms with van der Waals surface area (Å²) in [5.41, 5.74) is 6.41. The fourth-order valence-electron chi connectivity index (χ4n) is 3.98. The Hall–Kier alpha value is -0.120. The zero-order valence-corrected chi connectivity index (χ0v) is 12.4. The normalized spacial score (nSPS) is 33.3. The van der Waals surface area contributed by atoms with Crippen molar-refractivity contribution in [3.8, 4) is 0 Å². The molecule has 2 N–H and O–H groups in total. The maximum Gasteiger partial charge on any atom is 0.0248 e. The quantitative estimate of drug-likeness (QED) is 0.814. The lowest BCUT2D eigenvalue weighted by Crippen LogP contribution is -2.61. The molecule has 0 aromatic carbocycles. The van der Waals surface area contributed by atoms with Gasteiger partial charge in [0, 0.05) is 37.3 Å². The second kappa shape index (κ2) is 6.36. The van der Waals surface area contributed by atoms with Gasteiger partial charge in [-0.3, -0.25) is 9.80 Å². The molecule has 0 aromatic heterocycles. The first kappa shape index (κ1) is 14.3. The van der Waals surface area contributed by atoms with E-state index in [1.54, 1.807) is 0 Å². The van der Waals surface area contributed by atoms with Crippen molar-refractivity contribution in [2.75, 3.05) is 19.6 Å². The minimum Gasteiger partial charge on any atom is -0.326 e. The predicted molar refractivity (Wildman–Crippen MR) is 77.7 cm³/mol. The Bertz CT molecular complexity index is 256. The highest BCUT2D eigenvalue weighted by Gasteiger charge is 2.38. The second-order valence-electron chi connectivity index (χ2n) is 6.26. The van der Waals surface area contributed by atoms with Crippen molar-refractivity contribution in [1.29, 1.82) is 0 Å². The first-order valence-electron chi connectivity index (χ1n) is 7.92. The van der Waals surface area contributed by atoms with Crippen LogP contribution in [0.25, 0.3) is 0 Å². The van der Waals surface area contributed by atoms with Crippen LogP contribution < -0.4 is 5.73 Å². The van der Waals surface area contributed by atoms with Gasteiger partial charge in [-0.2, -0.15) is 0 Å². The van der Waals surface area contributed by atoms with Gasteiger partial charge < -0.3 is 5.73 Å². The van der Waals surface area contributed by atoms with Gasteiger partial charge in [-0.05, 0) is 39.2 Å². The van der Waals surface area contributed by atoms with Crippen LogP contribution in [0.4, 0.5) is 0 Å². The largest absolute Gasteiger partial charge is 0.326 e. The Kier molecular flexibility index (Phi) is 5.05. The van der Waals surface area contributed by atoms with E-state index in [2.05, 4.69) is 30.6 Å². The topological polar surface area (TPSA) is 32.5 Å². The van der Waals surface area contributed by atoms with Crippen molar-refractivity contribution in [3.63, 3.8) is 0 Å². The molecule has 2 rings (SSSR count). The van der Waals surface area contributed by atoms with Crippen LogP contribution in [0.2, 0.25) is 0 Å². The molecular formula is C15H31N3. The second-order valence-corrected chi connectivity index (χ2v) is 6.26. The summed E-state index contributed by atoms with van der Waals surface area (Å²) in [7, 11) is 0. The van der Waals surface area contributed by atoms with Gasteiger partial charge in [-0.15, -0.1) is 0 Å². The highest BCUT2D eigenvalue weighted by atomic mass is 15.3. The van der Waals surface area contributed by atoms with Crippen molar-refractivity contribution in [2.45, 2.75) is 77.0 Å². The Morgan fingerprint density at radius 1 is 1.28 bits per heavy atom. The molecule has 2 aliphatic heterocycles. The molecule has 2 fully saturated rings. The van der Waals surface area contributed by atoms with Crippen molar-refractivity contribution >= 4 is 0 Å². The minimum atomic E-state index is 0.357. The first-order chi connectivity index (χ1) is 8.67. The third-order valence-corrected chi connectivity index (χ3v) is 4.95. The van der Waals surface area contributed by atoms with Crippen LogP contribution in [0, 0.1) is 0 Å². The molecule has 2 aliphatic rings. The van der Waals surface area contributed by atoms with E-state index in [-0.39, 0.29) is 0 Å². The fourth-order valence-corrected chi connectivity index (χ4v) is 3.98. The highest BCUT2D eigenvalue weighted by Crippen LogP contribution is 2.27. The number of hydrogen-bond donors (Lipinski definition) is 1. The van der Waals surface area contributed by atoms with E-state index in [0.29, 0.717) is 18.1 Å². The van der Waals surface area contributed by atoms with Crippen LogP contribution in [0.15, 0.2) is 0 Å². The highest BCUT2D eigenvalue weighted by molar-refractivity contribution is 4.95. The molecule has 3 heteroatoms. The summed E-state index contributed by atoms with van der Waals surface area (Å²) in [5, 5.41) is 0. The van der Waals surface area contributed by atoms with Crippen LogP contribution in [0.5, 0.6) is 0 Å². The molecule has 2 heterocycles. The number of fused-ring (bicyclic) bond motifs is 1. The van der Waals surface area contributed by atoms with Crippen LogP contribution in [-0.2, 0) is 0 Å². The average molecular weight is 253 g/mol. The Morgan fingerprint density at radius 3 is 2.72 bits per heavy atom. The predicted octanol–water partition coefficient (Wildman–Crippen LogP) is 2.06. The van der Waals surface area contributed by atoms with Gasteiger partial charge in [-0.25, -0.2) is 0 Å². The third-order valence-electron chi connectivity index (χ3n) is 4.95. The molecule has 4 unspecified atom stereocenters. The molecule has 106 valence electrons. The number of hydrogen-bond acceptors (Lipinski definition) is 3. The number of nitrogens with two attached hydrogens (primary N) is 1. The van der Waals surface area contributed by atoms with Crippen molar-refractivity contribution in [1.82, 2.24) is 9.80 Å². The summed E-state index contributed by atoms with van der Waals surface area (Å²) >= 11 is 0. The third kappa shape index (κ3) is 2.89. The fraction of sp³-hybridized carbons (Fsp3) is 1.00. The zero-order chi connectivity index (χ0) is 13.1. The lowest BCUT2D eigenvalue weighted by molar-refractivity contribution is 0.0174. The maximum absolute atomic E-state index is 6.41. The smallest absolute Gasteiger partial charge is 0.0248 e. The lowest BCUT2D eigenvalue weighted by Gasteiger charge is -2.47. The van der Waals surface area contributed by atoms with Crippen LogP contribution in [-0.4, -0.2) is 53.6 Å². The van der Waals surface area contributed by atoms with E-state index in [4.69, 9.17) is 5.73 Å².